The molecule has 0 spiro atoms. The molecule has 0 aromatic heterocycles. The lowest BCUT2D eigenvalue weighted by Crippen LogP contribution is -2.04. The molecule has 12 heavy (non-hydrogen) atoms. The summed E-state index contributed by atoms with van der Waals surface area (Å²) in [7, 11) is 0. The molecule has 1 aromatic carbocycles. The van der Waals surface area contributed by atoms with Crippen molar-refractivity contribution in [3.63, 3.8) is 0 Å². The highest BCUT2D eigenvalue weighted by Crippen LogP contribution is 2.21. The van der Waals surface area contributed by atoms with E-state index in [1.54, 1.807) is 6.92 Å². The molecule has 0 aliphatic heterocycles. The van der Waals surface area contributed by atoms with Crippen LogP contribution in [0.25, 0.3) is 0 Å². The van der Waals surface area contributed by atoms with Gasteiger partial charge in [0.2, 0.25) is 0 Å². The fourth-order valence-electron chi connectivity index (χ4n) is 0.883. The Morgan fingerprint density at radius 2 is 2.25 bits per heavy atom. The number of hydrogen-bond donors (Lipinski definition) is 1. The molecule has 0 amide bonds. The van der Waals surface area contributed by atoms with Crippen molar-refractivity contribution in [1.82, 2.24) is 0 Å². The van der Waals surface area contributed by atoms with Gasteiger partial charge in [-0.3, -0.25) is 0 Å². The summed E-state index contributed by atoms with van der Waals surface area (Å²) in [4.78, 5) is 10.1. The summed E-state index contributed by atoms with van der Waals surface area (Å²) >= 11 is 0. The summed E-state index contributed by atoms with van der Waals surface area (Å²) < 4.78 is 12.7. The van der Waals surface area contributed by atoms with Crippen LogP contribution in [0.15, 0.2) is 23.4 Å². The van der Waals surface area contributed by atoms with Gasteiger partial charge in [-0.15, -0.1) is 4.91 Å². The maximum atomic E-state index is 12.7. The fraction of sp³-hybridized carbons (Fsp3) is 0.250. The zero-order chi connectivity index (χ0) is 9.14. The largest absolute Gasteiger partial charge is 0.324 e. The molecule has 2 N–H and O–H groups in total. The first-order valence-electron chi connectivity index (χ1n) is 3.53. The summed E-state index contributed by atoms with van der Waals surface area (Å²) in [6, 6.07) is 3.86. The Bertz CT molecular complexity index is 299. The average Bonchev–Trinajstić information content (AvgIpc) is 2.05. The number of benzene rings is 1. The molecule has 0 heterocycles. The zero-order valence-electron chi connectivity index (χ0n) is 6.62. The Balaban J connectivity index is 3.13. The first-order valence-corrected chi connectivity index (χ1v) is 3.53. The molecule has 3 nitrogen and oxygen atoms in total. The van der Waals surface area contributed by atoms with E-state index in [0.29, 0.717) is 5.56 Å². The number of nitroso groups, excluding NO2 is 1. The van der Waals surface area contributed by atoms with Gasteiger partial charge in [-0.2, -0.15) is 0 Å². The van der Waals surface area contributed by atoms with E-state index in [0.717, 1.165) is 0 Å². The molecule has 0 aliphatic rings. The van der Waals surface area contributed by atoms with Crippen LogP contribution in [-0.4, -0.2) is 0 Å². The van der Waals surface area contributed by atoms with Crippen LogP contribution in [0.2, 0.25) is 0 Å². The number of halogens is 1. The topological polar surface area (TPSA) is 55.4 Å². The SMILES string of the molecule is CC(N)c1ccc(F)c(N=O)c1. The van der Waals surface area contributed by atoms with Crippen LogP contribution < -0.4 is 5.73 Å². The van der Waals surface area contributed by atoms with Crippen molar-refractivity contribution in [2.24, 2.45) is 10.9 Å². The lowest BCUT2D eigenvalue weighted by atomic mass is 10.1. The van der Waals surface area contributed by atoms with Crippen LogP contribution in [0.4, 0.5) is 10.1 Å². The highest BCUT2D eigenvalue weighted by Gasteiger charge is 2.05. The molecular weight excluding hydrogens is 159 g/mol. The van der Waals surface area contributed by atoms with Crippen molar-refractivity contribution in [2.45, 2.75) is 13.0 Å². The maximum Gasteiger partial charge on any atom is 0.152 e. The monoisotopic (exact) mass is 168 g/mol. The molecule has 4 heteroatoms. The minimum absolute atomic E-state index is 0.190. The molecule has 1 rings (SSSR count). The van der Waals surface area contributed by atoms with Crippen molar-refractivity contribution in [3.8, 4) is 0 Å². The molecule has 0 bridgehead atoms. The van der Waals surface area contributed by atoms with Crippen LogP contribution in [0, 0.1) is 10.7 Å². The van der Waals surface area contributed by atoms with Crippen LogP contribution >= 0.6 is 0 Å². The zero-order valence-corrected chi connectivity index (χ0v) is 6.62. The third-order valence-electron chi connectivity index (χ3n) is 1.59. The second-order valence-electron chi connectivity index (χ2n) is 2.59. The molecule has 64 valence electrons. The lowest BCUT2D eigenvalue weighted by molar-refractivity contribution is 0.628. The van der Waals surface area contributed by atoms with E-state index < -0.39 is 5.82 Å². The summed E-state index contributed by atoms with van der Waals surface area (Å²) in [5.74, 6) is -0.616. The van der Waals surface area contributed by atoms with E-state index in [4.69, 9.17) is 5.73 Å². The molecular formula is C8H9FN2O. The molecule has 1 unspecified atom stereocenters. The first kappa shape index (κ1) is 8.80. The fourth-order valence-corrected chi connectivity index (χ4v) is 0.883. The Labute approximate surface area is 69.4 Å². The normalized spacial score (nSPS) is 12.6. The van der Waals surface area contributed by atoms with Gasteiger partial charge in [0.05, 0.1) is 0 Å². The van der Waals surface area contributed by atoms with E-state index in [1.165, 1.54) is 18.2 Å². The van der Waals surface area contributed by atoms with Crippen molar-refractivity contribution in [3.05, 3.63) is 34.5 Å². The summed E-state index contributed by atoms with van der Waals surface area (Å²) in [6.07, 6.45) is 0. The highest BCUT2D eigenvalue weighted by molar-refractivity contribution is 5.42. The molecule has 0 saturated carbocycles. The molecule has 0 saturated heterocycles. The minimum Gasteiger partial charge on any atom is -0.324 e. The number of rotatable bonds is 2. The van der Waals surface area contributed by atoms with Gasteiger partial charge < -0.3 is 5.73 Å². The summed E-state index contributed by atoms with van der Waals surface area (Å²) in [5.41, 5.74) is 6.03. The quantitative estimate of drug-likeness (QED) is 0.688. The number of hydrogen-bond acceptors (Lipinski definition) is 3. The van der Waals surface area contributed by atoms with Gasteiger partial charge >= 0.3 is 0 Å². The van der Waals surface area contributed by atoms with Gasteiger partial charge in [0, 0.05) is 6.04 Å². The predicted octanol–water partition coefficient (Wildman–Crippen LogP) is 2.24. The molecule has 0 aliphatic carbocycles. The molecule has 0 radical (unpaired) electrons. The predicted molar refractivity (Wildman–Crippen MR) is 44.5 cm³/mol. The second kappa shape index (κ2) is 3.40. The van der Waals surface area contributed by atoms with Gasteiger partial charge in [-0.1, -0.05) is 6.07 Å². The van der Waals surface area contributed by atoms with Crippen molar-refractivity contribution in [2.75, 3.05) is 0 Å². The van der Waals surface area contributed by atoms with Crippen LogP contribution in [0.3, 0.4) is 0 Å². The standard InChI is InChI=1S/C8H9FN2O/c1-5(10)6-2-3-7(9)8(4-6)11-12/h2-5H,10H2,1H3. The third-order valence-corrected chi connectivity index (χ3v) is 1.59. The Morgan fingerprint density at radius 3 is 2.75 bits per heavy atom. The lowest BCUT2D eigenvalue weighted by Gasteiger charge is -2.04. The van der Waals surface area contributed by atoms with Crippen LogP contribution in [-0.2, 0) is 0 Å². The van der Waals surface area contributed by atoms with Crippen molar-refractivity contribution in [1.29, 1.82) is 0 Å². The Kier molecular flexibility index (Phi) is 2.50. The molecule has 0 fully saturated rings. The third kappa shape index (κ3) is 1.65. The average molecular weight is 168 g/mol. The van der Waals surface area contributed by atoms with E-state index in [2.05, 4.69) is 5.18 Å². The smallest absolute Gasteiger partial charge is 0.152 e. The van der Waals surface area contributed by atoms with Gasteiger partial charge in [0.1, 0.15) is 5.69 Å². The highest BCUT2D eigenvalue weighted by atomic mass is 19.1. The summed E-state index contributed by atoms with van der Waals surface area (Å²) in [6.45, 7) is 1.75. The first-order chi connectivity index (χ1) is 5.65. The van der Waals surface area contributed by atoms with Crippen molar-refractivity contribution < 1.29 is 4.39 Å². The minimum atomic E-state index is -0.616. The number of nitrogens with two attached hydrogens (primary N) is 1. The maximum absolute atomic E-state index is 12.7. The number of nitrogens with zero attached hydrogens (tertiary/aromatic N) is 1. The van der Waals surface area contributed by atoms with Gasteiger partial charge in [-0.05, 0) is 29.8 Å². The molecule has 1 atom stereocenters. The van der Waals surface area contributed by atoms with Gasteiger partial charge in [0.25, 0.3) is 0 Å². The molecule has 1 aromatic rings. The van der Waals surface area contributed by atoms with E-state index in [1.807, 2.05) is 0 Å². The van der Waals surface area contributed by atoms with Gasteiger partial charge in [0.15, 0.2) is 5.82 Å². The van der Waals surface area contributed by atoms with E-state index in [9.17, 15) is 9.30 Å². The van der Waals surface area contributed by atoms with Crippen LogP contribution in [0.1, 0.15) is 18.5 Å². The van der Waals surface area contributed by atoms with E-state index in [-0.39, 0.29) is 11.7 Å². The van der Waals surface area contributed by atoms with Gasteiger partial charge in [-0.25, -0.2) is 4.39 Å². The Morgan fingerprint density at radius 1 is 1.58 bits per heavy atom. The Hall–Kier alpha value is -1.29. The van der Waals surface area contributed by atoms with E-state index >= 15 is 0 Å². The van der Waals surface area contributed by atoms with Crippen LogP contribution in [0.5, 0.6) is 0 Å². The summed E-state index contributed by atoms with van der Waals surface area (Å²) in [5, 5.41) is 2.53. The second-order valence-corrected chi connectivity index (χ2v) is 2.59. The van der Waals surface area contributed by atoms with Crippen molar-refractivity contribution >= 4 is 5.69 Å².